The van der Waals surface area contributed by atoms with Gasteiger partial charge in [0.2, 0.25) is 0 Å². The van der Waals surface area contributed by atoms with Crippen molar-refractivity contribution in [2.75, 3.05) is 19.7 Å². The number of rotatable bonds is 5. The standard InChI is InChI=1S/C23H22ClNO2/c24-19-12-10-17(11-13-19)20-8-4-5-9-21(20)27-23(18-6-2-1-3-7-18)22-16-25-14-15-26-22/h1-13,22-23,25H,14-16H2. The van der Waals surface area contributed by atoms with Crippen LogP contribution in [0, 0.1) is 0 Å². The lowest BCUT2D eigenvalue weighted by molar-refractivity contribution is -0.0430. The third-order valence-electron chi connectivity index (χ3n) is 4.72. The third kappa shape index (κ3) is 4.33. The van der Waals surface area contributed by atoms with Gasteiger partial charge < -0.3 is 14.8 Å². The Kier molecular flexibility index (Phi) is 5.73. The molecule has 3 aromatic rings. The lowest BCUT2D eigenvalue weighted by atomic mass is 10.0. The van der Waals surface area contributed by atoms with Crippen LogP contribution in [-0.4, -0.2) is 25.8 Å². The molecule has 0 aromatic heterocycles. The lowest BCUT2D eigenvalue weighted by Gasteiger charge is -2.32. The van der Waals surface area contributed by atoms with Crippen molar-refractivity contribution < 1.29 is 9.47 Å². The van der Waals surface area contributed by atoms with E-state index in [0.29, 0.717) is 6.61 Å². The molecule has 3 nitrogen and oxygen atoms in total. The molecule has 0 spiro atoms. The van der Waals surface area contributed by atoms with Gasteiger partial charge in [0.15, 0.2) is 6.10 Å². The van der Waals surface area contributed by atoms with Gasteiger partial charge in [-0.15, -0.1) is 0 Å². The molecule has 0 radical (unpaired) electrons. The first-order valence-corrected chi connectivity index (χ1v) is 9.58. The highest BCUT2D eigenvalue weighted by molar-refractivity contribution is 6.30. The van der Waals surface area contributed by atoms with Crippen LogP contribution in [0.2, 0.25) is 5.02 Å². The smallest absolute Gasteiger partial charge is 0.151 e. The van der Waals surface area contributed by atoms with E-state index in [2.05, 4.69) is 23.5 Å². The topological polar surface area (TPSA) is 30.5 Å². The predicted molar refractivity (Wildman–Crippen MR) is 109 cm³/mol. The minimum atomic E-state index is -0.188. The summed E-state index contributed by atoms with van der Waals surface area (Å²) in [5, 5.41) is 4.13. The van der Waals surface area contributed by atoms with Crippen molar-refractivity contribution in [2.45, 2.75) is 12.2 Å². The van der Waals surface area contributed by atoms with Gasteiger partial charge in [0.25, 0.3) is 0 Å². The second-order valence-electron chi connectivity index (χ2n) is 6.57. The molecule has 2 atom stereocenters. The molecule has 1 aliphatic rings. The van der Waals surface area contributed by atoms with Crippen molar-refractivity contribution >= 4 is 11.6 Å². The molecule has 0 amide bonds. The Hall–Kier alpha value is -2.33. The Bertz CT molecular complexity index is 861. The fourth-order valence-corrected chi connectivity index (χ4v) is 3.48. The first-order valence-electron chi connectivity index (χ1n) is 9.20. The van der Waals surface area contributed by atoms with Crippen LogP contribution in [0.1, 0.15) is 11.7 Å². The molecule has 0 saturated carbocycles. The largest absolute Gasteiger partial charge is 0.482 e. The maximum absolute atomic E-state index is 6.56. The van der Waals surface area contributed by atoms with E-state index >= 15 is 0 Å². The summed E-state index contributed by atoms with van der Waals surface area (Å²) in [4.78, 5) is 0. The van der Waals surface area contributed by atoms with Crippen molar-refractivity contribution in [3.05, 3.63) is 89.4 Å². The number of hydrogen-bond acceptors (Lipinski definition) is 3. The van der Waals surface area contributed by atoms with Gasteiger partial charge in [-0.2, -0.15) is 0 Å². The maximum Gasteiger partial charge on any atom is 0.151 e. The monoisotopic (exact) mass is 379 g/mol. The number of benzene rings is 3. The van der Waals surface area contributed by atoms with E-state index in [-0.39, 0.29) is 12.2 Å². The maximum atomic E-state index is 6.56. The van der Waals surface area contributed by atoms with E-state index in [0.717, 1.165) is 40.6 Å². The molecule has 4 rings (SSSR count). The van der Waals surface area contributed by atoms with Gasteiger partial charge >= 0.3 is 0 Å². The molecule has 0 bridgehead atoms. The Morgan fingerprint density at radius 3 is 2.41 bits per heavy atom. The van der Waals surface area contributed by atoms with Crippen LogP contribution in [0.4, 0.5) is 0 Å². The molecule has 1 heterocycles. The number of ether oxygens (including phenoxy) is 2. The number of morpholine rings is 1. The highest BCUT2D eigenvalue weighted by atomic mass is 35.5. The molecule has 0 aliphatic carbocycles. The average molecular weight is 380 g/mol. The number of nitrogens with one attached hydrogen (secondary N) is 1. The number of halogens is 1. The molecule has 138 valence electrons. The predicted octanol–water partition coefficient (Wildman–Crippen LogP) is 5.12. The molecular weight excluding hydrogens is 358 g/mol. The van der Waals surface area contributed by atoms with Crippen molar-refractivity contribution in [3.63, 3.8) is 0 Å². The molecule has 2 unspecified atom stereocenters. The highest BCUT2D eigenvalue weighted by Crippen LogP contribution is 2.35. The summed E-state index contributed by atoms with van der Waals surface area (Å²) in [6, 6.07) is 26.2. The van der Waals surface area contributed by atoms with Crippen molar-refractivity contribution in [2.24, 2.45) is 0 Å². The summed E-state index contributed by atoms with van der Waals surface area (Å²) in [5.74, 6) is 0.836. The highest BCUT2D eigenvalue weighted by Gasteiger charge is 2.28. The van der Waals surface area contributed by atoms with E-state index in [9.17, 15) is 0 Å². The molecule has 1 N–H and O–H groups in total. The van der Waals surface area contributed by atoms with Gasteiger partial charge in [0, 0.05) is 23.7 Å². The van der Waals surface area contributed by atoms with E-state index in [1.807, 2.05) is 60.7 Å². The summed E-state index contributed by atoms with van der Waals surface area (Å²) >= 11 is 6.05. The lowest BCUT2D eigenvalue weighted by Crippen LogP contribution is -2.43. The SMILES string of the molecule is Clc1ccc(-c2ccccc2OC(c2ccccc2)C2CNCCO2)cc1. The molecule has 1 fully saturated rings. The zero-order valence-electron chi connectivity index (χ0n) is 15.0. The molecule has 27 heavy (non-hydrogen) atoms. The van der Waals surface area contributed by atoms with E-state index < -0.39 is 0 Å². The van der Waals surface area contributed by atoms with Crippen molar-refractivity contribution in [3.8, 4) is 16.9 Å². The Balaban J connectivity index is 1.68. The van der Waals surface area contributed by atoms with Crippen LogP contribution >= 0.6 is 11.6 Å². The molecular formula is C23H22ClNO2. The number of para-hydroxylation sites is 1. The average Bonchev–Trinajstić information content (AvgIpc) is 2.74. The van der Waals surface area contributed by atoms with E-state index in [1.54, 1.807) is 0 Å². The summed E-state index contributed by atoms with van der Waals surface area (Å²) in [5.41, 5.74) is 3.22. The van der Waals surface area contributed by atoms with Crippen molar-refractivity contribution in [1.82, 2.24) is 5.32 Å². The van der Waals surface area contributed by atoms with Gasteiger partial charge in [-0.3, -0.25) is 0 Å². The summed E-state index contributed by atoms with van der Waals surface area (Å²) in [6.45, 7) is 2.33. The normalized spacial score (nSPS) is 18.0. The third-order valence-corrected chi connectivity index (χ3v) is 4.97. The second kappa shape index (κ2) is 8.57. The summed E-state index contributed by atoms with van der Waals surface area (Å²) < 4.78 is 12.6. The zero-order chi connectivity index (χ0) is 18.5. The van der Waals surface area contributed by atoms with Crippen LogP contribution in [-0.2, 0) is 4.74 Å². The molecule has 4 heteroatoms. The molecule has 1 aliphatic heterocycles. The molecule has 1 saturated heterocycles. The number of hydrogen-bond donors (Lipinski definition) is 1. The second-order valence-corrected chi connectivity index (χ2v) is 7.00. The van der Waals surface area contributed by atoms with Gasteiger partial charge in [-0.05, 0) is 29.3 Å². The Morgan fingerprint density at radius 2 is 1.67 bits per heavy atom. The van der Waals surface area contributed by atoms with Gasteiger partial charge in [0.05, 0.1) is 6.61 Å². The van der Waals surface area contributed by atoms with Crippen LogP contribution in [0.3, 0.4) is 0 Å². The summed E-state index contributed by atoms with van der Waals surface area (Å²) in [6.07, 6.45) is -0.230. The summed E-state index contributed by atoms with van der Waals surface area (Å²) in [7, 11) is 0. The van der Waals surface area contributed by atoms with Gasteiger partial charge in [-0.25, -0.2) is 0 Å². The minimum Gasteiger partial charge on any atom is -0.482 e. The zero-order valence-corrected chi connectivity index (χ0v) is 15.7. The first-order chi connectivity index (χ1) is 13.3. The fourth-order valence-electron chi connectivity index (χ4n) is 3.36. The van der Waals surface area contributed by atoms with Gasteiger partial charge in [0.1, 0.15) is 11.9 Å². The van der Waals surface area contributed by atoms with Crippen LogP contribution in [0.25, 0.3) is 11.1 Å². The van der Waals surface area contributed by atoms with Gasteiger partial charge in [-0.1, -0.05) is 72.3 Å². The Labute approximate surface area is 164 Å². The van der Waals surface area contributed by atoms with E-state index in [4.69, 9.17) is 21.1 Å². The molecule has 3 aromatic carbocycles. The van der Waals surface area contributed by atoms with Crippen molar-refractivity contribution in [1.29, 1.82) is 0 Å². The van der Waals surface area contributed by atoms with Crippen LogP contribution in [0.5, 0.6) is 5.75 Å². The fraction of sp³-hybridized carbons (Fsp3) is 0.217. The van der Waals surface area contributed by atoms with E-state index in [1.165, 1.54) is 0 Å². The minimum absolute atomic E-state index is 0.0422. The quantitative estimate of drug-likeness (QED) is 0.667. The van der Waals surface area contributed by atoms with Crippen LogP contribution in [0.15, 0.2) is 78.9 Å². The first kappa shape index (κ1) is 18.1. The Morgan fingerprint density at radius 1 is 0.926 bits per heavy atom. The van der Waals surface area contributed by atoms with Crippen LogP contribution < -0.4 is 10.1 Å².